The summed E-state index contributed by atoms with van der Waals surface area (Å²) in [6.07, 6.45) is 2.69. The molecule has 106 valence electrons. The molecule has 0 aliphatic carbocycles. The highest BCUT2D eigenvalue weighted by atomic mass is 79.9. The Morgan fingerprint density at radius 2 is 2.00 bits per heavy atom. The van der Waals surface area contributed by atoms with Crippen molar-refractivity contribution in [2.24, 2.45) is 0 Å². The van der Waals surface area contributed by atoms with Gasteiger partial charge < -0.3 is 5.32 Å². The van der Waals surface area contributed by atoms with Gasteiger partial charge in [0, 0.05) is 15.0 Å². The number of sulfonamides is 1. The van der Waals surface area contributed by atoms with Crippen molar-refractivity contribution in [3.05, 3.63) is 27.1 Å². The van der Waals surface area contributed by atoms with Crippen LogP contribution in [0.15, 0.2) is 32.0 Å². The summed E-state index contributed by atoms with van der Waals surface area (Å²) < 4.78 is 28.9. The standard InChI is InChI=1S/C12H16Br2N2O2S/c13-9-3-4-11(14)12(8-9)19(17,18)16-10-2-1-6-15-7-5-10/h3-4,8,10,15-16H,1-2,5-7H2. The maximum atomic E-state index is 12.4. The fourth-order valence-electron chi connectivity index (χ4n) is 2.10. The van der Waals surface area contributed by atoms with Crippen LogP contribution in [0.25, 0.3) is 0 Å². The second-order valence-corrected chi connectivity index (χ2v) is 8.03. The van der Waals surface area contributed by atoms with Crippen molar-refractivity contribution in [3.8, 4) is 0 Å². The molecule has 1 aliphatic heterocycles. The largest absolute Gasteiger partial charge is 0.317 e. The fraction of sp³-hybridized carbons (Fsp3) is 0.500. The Morgan fingerprint density at radius 3 is 2.79 bits per heavy atom. The SMILES string of the molecule is O=S(=O)(NC1CCCNCC1)c1cc(Br)ccc1Br. The number of halogens is 2. The summed E-state index contributed by atoms with van der Waals surface area (Å²) in [5.74, 6) is 0. The summed E-state index contributed by atoms with van der Waals surface area (Å²) in [7, 11) is -3.48. The third kappa shape index (κ3) is 4.26. The number of hydrogen-bond acceptors (Lipinski definition) is 3. The van der Waals surface area contributed by atoms with Gasteiger partial charge in [-0.2, -0.15) is 0 Å². The van der Waals surface area contributed by atoms with Crippen molar-refractivity contribution < 1.29 is 8.42 Å². The van der Waals surface area contributed by atoms with Crippen molar-refractivity contribution in [1.29, 1.82) is 0 Å². The summed E-state index contributed by atoms with van der Waals surface area (Å²) in [6, 6.07) is 5.15. The molecule has 0 amide bonds. The Hall–Kier alpha value is 0.0500. The Kier molecular flexibility index (Phi) is 5.42. The van der Waals surface area contributed by atoms with E-state index < -0.39 is 10.0 Å². The molecule has 1 aromatic rings. The summed E-state index contributed by atoms with van der Waals surface area (Å²) in [6.45, 7) is 1.81. The average Bonchev–Trinajstić information content (AvgIpc) is 2.60. The molecule has 1 unspecified atom stereocenters. The number of rotatable bonds is 3. The second-order valence-electron chi connectivity index (χ2n) is 4.57. The van der Waals surface area contributed by atoms with Gasteiger partial charge in [0.05, 0.1) is 4.90 Å². The molecule has 19 heavy (non-hydrogen) atoms. The molecule has 1 fully saturated rings. The number of nitrogens with one attached hydrogen (secondary N) is 2. The van der Waals surface area contributed by atoms with E-state index in [1.165, 1.54) is 0 Å². The molecule has 7 heteroatoms. The first-order valence-corrected chi connectivity index (χ1v) is 9.24. The molecule has 1 saturated heterocycles. The van der Waals surface area contributed by atoms with Gasteiger partial charge in [0.25, 0.3) is 0 Å². The van der Waals surface area contributed by atoms with Crippen molar-refractivity contribution in [2.75, 3.05) is 13.1 Å². The maximum absolute atomic E-state index is 12.4. The van der Waals surface area contributed by atoms with Crippen LogP contribution < -0.4 is 10.0 Å². The molecule has 0 bridgehead atoms. The van der Waals surface area contributed by atoms with Crippen LogP contribution in [0.3, 0.4) is 0 Å². The van der Waals surface area contributed by atoms with Crippen LogP contribution in [0, 0.1) is 0 Å². The van der Waals surface area contributed by atoms with E-state index in [1.54, 1.807) is 18.2 Å². The first kappa shape index (κ1) is 15.4. The predicted molar refractivity (Wildman–Crippen MR) is 82.7 cm³/mol. The van der Waals surface area contributed by atoms with E-state index in [4.69, 9.17) is 0 Å². The van der Waals surface area contributed by atoms with Gasteiger partial charge in [0.15, 0.2) is 0 Å². The predicted octanol–water partition coefficient (Wildman–Crippen LogP) is 2.63. The van der Waals surface area contributed by atoms with Gasteiger partial charge in [0.1, 0.15) is 0 Å². The highest BCUT2D eigenvalue weighted by molar-refractivity contribution is 9.11. The molecule has 0 spiro atoms. The zero-order valence-electron chi connectivity index (χ0n) is 10.3. The first-order chi connectivity index (χ1) is 8.99. The molecule has 1 aromatic carbocycles. The van der Waals surface area contributed by atoms with Gasteiger partial charge in [-0.1, -0.05) is 15.9 Å². The van der Waals surface area contributed by atoms with E-state index in [1.807, 2.05) is 0 Å². The van der Waals surface area contributed by atoms with Crippen LogP contribution in [0.2, 0.25) is 0 Å². The quantitative estimate of drug-likeness (QED) is 0.803. The molecule has 1 atom stereocenters. The van der Waals surface area contributed by atoms with Crippen LogP contribution in [0.1, 0.15) is 19.3 Å². The third-order valence-corrected chi connectivity index (χ3v) is 6.09. The first-order valence-electron chi connectivity index (χ1n) is 6.17. The molecule has 0 aromatic heterocycles. The van der Waals surface area contributed by atoms with E-state index in [9.17, 15) is 8.42 Å². The van der Waals surface area contributed by atoms with Gasteiger partial charge in [-0.15, -0.1) is 0 Å². The zero-order valence-corrected chi connectivity index (χ0v) is 14.3. The molecule has 4 nitrogen and oxygen atoms in total. The lowest BCUT2D eigenvalue weighted by molar-refractivity contribution is 0.518. The van der Waals surface area contributed by atoms with Gasteiger partial charge in [-0.3, -0.25) is 0 Å². The molecular weight excluding hydrogens is 396 g/mol. The van der Waals surface area contributed by atoms with Crippen LogP contribution in [0.4, 0.5) is 0 Å². The molecular formula is C12H16Br2N2O2S. The van der Waals surface area contributed by atoms with E-state index in [0.717, 1.165) is 36.8 Å². The summed E-state index contributed by atoms with van der Waals surface area (Å²) in [5, 5.41) is 3.27. The minimum Gasteiger partial charge on any atom is -0.317 e. The van der Waals surface area contributed by atoms with E-state index >= 15 is 0 Å². The summed E-state index contributed by atoms with van der Waals surface area (Å²) in [4.78, 5) is 0.277. The van der Waals surface area contributed by atoms with Crippen LogP contribution in [-0.4, -0.2) is 27.5 Å². The Labute approximate surface area is 130 Å². The van der Waals surface area contributed by atoms with E-state index in [2.05, 4.69) is 41.9 Å². The van der Waals surface area contributed by atoms with Crippen LogP contribution >= 0.6 is 31.9 Å². The van der Waals surface area contributed by atoms with Gasteiger partial charge >= 0.3 is 0 Å². The van der Waals surface area contributed by atoms with Crippen LogP contribution in [-0.2, 0) is 10.0 Å². The minimum atomic E-state index is -3.48. The van der Waals surface area contributed by atoms with Crippen LogP contribution in [0.5, 0.6) is 0 Å². The molecule has 0 radical (unpaired) electrons. The molecule has 0 saturated carbocycles. The van der Waals surface area contributed by atoms with Crippen molar-refractivity contribution in [3.63, 3.8) is 0 Å². The third-order valence-electron chi connectivity index (χ3n) is 3.08. The Balaban J connectivity index is 2.19. The molecule has 2 rings (SSSR count). The van der Waals surface area contributed by atoms with Gasteiger partial charge in [-0.25, -0.2) is 13.1 Å². The average molecular weight is 412 g/mol. The smallest absolute Gasteiger partial charge is 0.241 e. The topological polar surface area (TPSA) is 58.2 Å². The van der Waals surface area contributed by atoms with Gasteiger partial charge in [-0.05, 0) is 66.5 Å². The Morgan fingerprint density at radius 1 is 1.21 bits per heavy atom. The zero-order chi connectivity index (χ0) is 13.9. The highest BCUT2D eigenvalue weighted by Gasteiger charge is 2.23. The lowest BCUT2D eigenvalue weighted by Gasteiger charge is -2.17. The molecule has 1 heterocycles. The minimum absolute atomic E-state index is 0.00545. The second kappa shape index (κ2) is 6.67. The monoisotopic (exact) mass is 410 g/mol. The normalized spacial score (nSPS) is 21.1. The van der Waals surface area contributed by atoms with Gasteiger partial charge in [0.2, 0.25) is 10.0 Å². The van der Waals surface area contributed by atoms with E-state index in [0.29, 0.717) is 4.47 Å². The highest BCUT2D eigenvalue weighted by Crippen LogP contribution is 2.26. The van der Waals surface area contributed by atoms with E-state index in [-0.39, 0.29) is 10.9 Å². The summed E-state index contributed by atoms with van der Waals surface area (Å²) in [5.41, 5.74) is 0. The maximum Gasteiger partial charge on any atom is 0.241 e. The number of hydrogen-bond donors (Lipinski definition) is 2. The summed E-state index contributed by atoms with van der Waals surface area (Å²) >= 11 is 6.60. The molecule has 2 N–H and O–H groups in total. The lowest BCUT2D eigenvalue weighted by atomic mass is 10.1. The van der Waals surface area contributed by atoms with Crippen molar-refractivity contribution in [1.82, 2.24) is 10.0 Å². The van der Waals surface area contributed by atoms with Crippen molar-refractivity contribution >= 4 is 41.9 Å². The Bertz CT molecular complexity index is 541. The number of benzene rings is 1. The lowest BCUT2D eigenvalue weighted by Crippen LogP contribution is -2.35. The van der Waals surface area contributed by atoms with Crippen molar-refractivity contribution in [2.45, 2.75) is 30.2 Å². The fourth-order valence-corrected chi connectivity index (χ4v) is 4.91. The molecule has 1 aliphatic rings.